The van der Waals surface area contributed by atoms with Crippen molar-refractivity contribution in [3.8, 4) is 0 Å². The second kappa shape index (κ2) is 29.2. The molecule has 1 aromatic rings. The first-order valence-electron chi connectivity index (χ1n) is 29.6. The van der Waals surface area contributed by atoms with E-state index in [0.29, 0.717) is 56.1 Å². The first kappa shape index (κ1) is 58.1. The number of benzene rings is 1. The summed E-state index contributed by atoms with van der Waals surface area (Å²) >= 11 is 0. The van der Waals surface area contributed by atoms with Gasteiger partial charge in [0.15, 0.2) is 0 Å². The van der Waals surface area contributed by atoms with Gasteiger partial charge in [0, 0.05) is 62.0 Å². The maximum absolute atomic E-state index is 14.4. The first-order valence-corrected chi connectivity index (χ1v) is 29.6. The quantitative estimate of drug-likeness (QED) is 0.0727. The third-order valence-corrected chi connectivity index (χ3v) is 18.3. The number of amides is 7. The summed E-state index contributed by atoms with van der Waals surface area (Å²) in [5, 5.41) is 25.7. The molecule has 7 rings (SSSR count). The lowest BCUT2D eigenvalue weighted by Crippen LogP contribution is -2.59. The Kier molecular flexibility index (Phi) is 22.6. The molecule has 8 N–H and O–H groups in total. The van der Waals surface area contributed by atoms with Crippen LogP contribution in [0.15, 0.2) is 24.3 Å². The van der Waals surface area contributed by atoms with Crippen LogP contribution in [0.1, 0.15) is 189 Å². The van der Waals surface area contributed by atoms with Gasteiger partial charge < -0.3 is 52.3 Å². The second-order valence-electron chi connectivity index (χ2n) is 23.2. The van der Waals surface area contributed by atoms with E-state index in [9.17, 15) is 33.6 Å². The van der Waals surface area contributed by atoms with E-state index in [2.05, 4.69) is 42.5 Å². The average Bonchev–Trinajstić information content (AvgIpc) is 4.16. The lowest BCUT2D eigenvalue weighted by atomic mass is 9.83. The highest BCUT2D eigenvalue weighted by atomic mass is 16.2. The van der Waals surface area contributed by atoms with Gasteiger partial charge in [0.05, 0.1) is 12.1 Å². The summed E-state index contributed by atoms with van der Waals surface area (Å²) in [5.41, 5.74) is 0.732. The molecule has 6 fully saturated rings. The Morgan fingerprint density at radius 3 is 1.43 bits per heavy atom. The Bertz CT molecular complexity index is 2050. The summed E-state index contributed by atoms with van der Waals surface area (Å²) < 4.78 is 0. The minimum atomic E-state index is -0.686. The summed E-state index contributed by atoms with van der Waals surface area (Å²) in [6.07, 6.45) is 23.7. The van der Waals surface area contributed by atoms with Crippen molar-refractivity contribution in [2.45, 2.75) is 216 Å². The summed E-state index contributed by atoms with van der Waals surface area (Å²) in [5.74, 6) is -0.686. The zero-order valence-corrected chi connectivity index (χ0v) is 46.0. The fourth-order valence-electron chi connectivity index (χ4n) is 13.3. The normalized spacial score (nSPS) is 23.8. The highest BCUT2D eigenvalue weighted by Crippen LogP contribution is 2.33. The molecular formula is C58H94N10O7. The van der Waals surface area contributed by atoms with Crippen molar-refractivity contribution in [1.82, 2.24) is 52.3 Å². The Morgan fingerprint density at radius 2 is 0.933 bits per heavy atom. The van der Waals surface area contributed by atoms with Gasteiger partial charge >= 0.3 is 0 Å². The molecule has 418 valence electrons. The molecule has 6 aliphatic rings. The van der Waals surface area contributed by atoms with Gasteiger partial charge in [-0.2, -0.15) is 0 Å². The number of carbonyl (C=O) groups is 7. The van der Waals surface area contributed by atoms with Gasteiger partial charge in [-0.25, -0.2) is 0 Å². The number of hydrogen-bond acceptors (Lipinski definition) is 10. The predicted octanol–water partition coefficient (Wildman–Crippen LogP) is 5.08. The highest BCUT2D eigenvalue weighted by Gasteiger charge is 2.43. The molecule has 2 heterocycles. The zero-order valence-electron chi connectivity index (χ0n) is 46.0. The SMILES string of the molecule is CN[C@@H](C)C(=O)N[C@H](C(=O)N1CCCC1CN[C@H](CNC(=O)c1cccc(C(=O)NC[C@@H](NC(=O)C2CCCN2C(=O)[C@@H](NC(=O)[C@H](C)NC)C2CCCCC2)C2CCCCC2)c1)C1CCCCC1)C1CCCCC1. The van der Waals surface area contributed by atoms with Crippen LogP contribution in [-0.2, 0) is 24.0 Å². The van der Waals surface area contributed by atoms with Crippen molar-refractivity contribution in [2.24, 2.45) is 23.7 Å². The summed E-state index contributed by atoms with van der Waals surface area (Å²) in [7, 11) is 3.48. The van der Waals surface area contributed by atoms with Crippen LogP contribution in [-0.4, -0.2) is 146 Å². The van der Waals surface area contributed by atoms with Crippen LogP contribution in [0, 0.1) is 23.7 Å². The number of carbonyl (C=O) groups excluding carboxylic acids is 7. The zero-order chi connectivity index (χ0) is 53.3. The number of hydrogen-bond donors (Lipinski definition) is 8. The molecule has 0 aromatic heterocycles. The Morgan fingerprint density at radius 1 is 0.507 bits per heavy atom. The molecule has 2 aliphatic heterocycles. The van der Waals surface area contributed by atoms with Gasteiger partial charge in [0.2, 0.25) is 29.5 Å². The van der Waals surface area contributed by atoms with Gasteiger partial charge in [-0.1, -0.05) is 83.1 Å². The number of nitrogens with one attached hydrogen (secondary N) is 8. The fraction of sp³-hybridized carbons (Fsp3) is 0.776. The molecule has 0 bridgehead atoms. The first-order chi connectivity index (χ1) is 36.4. The highest BCUT2D eigenvalue weighted by molar-refractivity contribution is 6.00. The molecule has 7 amide bonds. The van der Waals surface area contributed by atoms with Crippen molar-refractivity contribution in [3.63, 3.8) is 0 Å². The predicted molar refractivity (Wildman–Crippen MR) is 292 cm³/mol. The monoisotopic (exact) mass is 1040 g/mol. The average molecular weight is 1040 g/mol. The second-order valence-corrected chi connectivity index (χ2v) is 23.2. The lowest BCUT2D eigenvalue weighted by Gasteiger charge is -2.37. The molecule has 4 saturated carbocycles. The Labute approximate surface area is 447 Å². The van der Waals surface area contributed by atoms with Crippen molar-refractivity contribution < 1.29 is 33.6 Å². The van der Waals surface area contributed by atoms with Gasteiger partial charge in [-0.3, -0.25) is 33.6 Å². The molecule has 17 heteroatoms. The third-order valence-electron chi connectivity index (χ3n) is 18.3. The van der Waals surface area contributed by atoms with E-state index in [1.165, 1.54) is 6.42 Å². The summed E-state index contributed by atoms with van der Waals surface area (Å²) in [6, 6.07) is 3.68. The van der Waals surface area contributed by atoms with Gasteiger partial charge in [-0.15, -0.1) is 0 Å². The maximum atomic E-state index is 14.4. The fourth-order valence-corrected chi connectivity index (χ4v) is 13.3. The van der Waals surface area contributed by atoms with Gasteiger partial charge in [0.25, 0.3) is 11.8 Å². The van der Waals surface area contributed by atoms with Crippen molar-refractivity contribution in [3.05, 3.63) is 35.4 Å². The van der Waals surface area contributed by atoms with E-state index in [4.69, 9.17) is 0 Å². The molecule has 4 aliphatic carbocycles. The summed E-state index contributed by atoms with van der Waals surface area (Å²) in [6.45, 7) is 5.93. The molecule has 75 heavy (non-hydrogen) atoms. The van der Waals surface area contributed by atoms with E-state index < -0.39 is 30.2 Å². The topological polar surface area (TPSA) is 222 Å². The molecule has 2 saturated heterocycles. The van der Waals surface area contributed by atoms with Crippen LogP contribution < -0.4 is 42.5 Å². The minimum absolute atomic E-state index is 0.00341. The number of likely N-dealkylation sites (tertiary alicyclic amines) is 2. The molecule has 1 aromatic carbocycles. The number of nitrogens with zero attached hydrogens (tertiary/aromatic N) is 2. The molecule has 17 nitrogen and oxygen atoms in total. The van der Waals surface area contributed by atoms with Crippen LogP contribution in [0.2, 0.25) is 0 Å². The maximum Gasteiger partial charge on any atom is 0.251 e. The molecular weight excluding hydrogens is 949 g/mol. The lowest BCUT2D eigenvalue weighted by molar-refractivity contribution is -0.143. The molecule has 0 radical (unpaired) electrons. The van der Waals surface area contributed by atoms with Crippen molar-refractivity contribution >= 4 is 41.4 Å². The summed E-state index contributed by atoms with van der Waals surface area (Å²) in [4.78, 5) is 101. The largest absolute Gasteiger partial charge is 0.350 e. The number of likely N-dealkylation sites (N-methyl/N-ethyl adjacent to an activating group) is 2. The van der Waals surface area contributed by atoms with Gasteiger partial charge in [-0.05, 0) is 147 Å². The van der Waals surface area contributed by atoms with Crippen LogP contribution >= 0.6 is 0 Å². The van der Waals surface area contributed by atoms with Crippen LogP contribution in [0.5, 0.6) is 0 Å². The van der Waals surface area contributed by atoms with Crippen LogP contribution in [0.3, 0.4) is 0 Å². The Hall–Kier alpha value is -4.61. The van der Waals surface area contributed by atoms with E-state index >= 15 is 0 Å². The minimum Gasteiger partial charge on any atom is -0.350 e. The molecule has 0 spiro atoms. The number of rotatable bonds is 23. The van der Waals surface area contributed by atoms with Gasteiger partial charge in [0.1, 0.15) is 18.1 Å². The Balaban J connectivity index is 0.960. The van der Waals surface area contributed by atoms with E-state index in [-0.39, 0.29) is 83.8 Å². The van der Waals surface area contributed by atoms with Crippen LogP contribution in [0.25, 0.3) is 0 Å². The van der Waals surface area contributed by atoms with Crippen molar-refractivity contribution in [1.29, 1.82) is 0 Å². The third kappa shape index (κ3) is 16.0. The van der Waals surface area contributed by atoms with Crippen molar-refractivity contribution in [2.75, 3.05) is 46.8 Å². The van der Waals surface area contributed by atoms with E-state index in [1.54, 1.807) is 50.2 Å². The molecule has 8 atom stereocenters. The van der Waals surface area contributed by atoms with E-state index in [1.807, 2.05) is 11.8 Å². The molecule has 2 unspecified atom stereocenters. The van der Waals surface area contributed by atoms with Crippen LogP contribution in [0.4, 0.5) is 0 Å². The standard InChI is InChI=1S/C58H94N10O7/c1-38(59-3)52(69)65-50(42-24-13-7-14-25-42)57(74)67-32-18-30-46(67)35-61-47(40-20-9-5-10-21-40)36-62-54(71)44-28-17-29-45(34-44)55(72)63-37-48(41-22-11-6-12-23-41)64-56(73)49-31-19-33-68(49)58(75)51(43-26-15-8-16-27-43)66-53(70)39(2)60-4/h17,28-29,34,38-43,46-51,59-61H,5-16,18-27,30-33,35-37H2,1-4H3,(H,62,71)(H,63,72)(H,64,73)(H,65,69)(H,66,70)/t38-,39-,46?,47+,48+,49?,50-,51-/m0/s1. The smallest absolute Gasteiger partial charge is 0.251 e. The van der Waals surface area contributed by atoms with E-state index in [0.717, 1.165) is 135 Å².